The SMILES string of the molecule is C=CCNC(=S)Nc1ccc(-c2nnc(NC3CCCCC3)s2)cc1. The van der Waals surface area contributed by atoms with E-state index in [0.29, 0.717) is 17.7 Å². The second-order valence-electron chi connectivity index (χ2n) is 6.09. The highest BCUT2D eigenvalue weighted by atomic mass is 32.1. The minimum atomic E-state index is 0.546. The molecule has 5 nitrogen and oxygen atoms in total. The summed E-state index contributed by atoms with van der Waals surface area (Å²) < 4.78 is 0. The van der Waals surface area contributed by atoms with Gasteiger partial charge in [-0.05, 0) is 49.3 Å². The van der Waals surface area contributed by atoms with Crippen LogP contribution in [0.3, 0.4) is 0 Å². The highest BCUT2D eigenvalue weighted by molar-refractivity contribution is 7.80. The third-order valence-corrected chi connectivity index (χ3v) is 5.30. The van der Waals surface area contributed by atoms with Crippen molar-refractivity contribution in [2.45, 2.75) is 38.1 Å². The van der Waals surface area contributed by atoms with E-state index in [1.165, 1.54) is 32.1 Å². The lowest BCUT2D eigenvalue weighted by Gasteiger charge is -2.21. The predicted octanol–water partition coefficient (Wildman–Crippen LogP) is 4.42. The summed E-state index contributed by atoms with van der Waals surface area (Å²) in [5.41, 5.74) is 2.00. The molecule has 25 heavy (non-hydrogen) atoms. The van der Waals surface area contributed by atoms with Gasteiger partial charge in [0.15, 0.2) is 5.11 Å². The van der Waals surface area contributed by atoms with Crippen molar-refractivity contribution in [3.63, 3.8) is 0 Å². The van der Waals surface area contributed by atoms with Crippen molar-refractivity contribution in [3.05, 3.63) is 36.9 Å². The largest absolute Gasteiger partial charge is 0.359 e. The molecule has 132 valence electrons. The molecule has 3 N–H and O–H groups in total. The molecule has 1 fully saturated rings. The summed E-state index contributed by atoms with van der Waals surface area (Å²) in [4.78, 5) is 0. The van der Waals surface area contributed by atoms with Crippen LogP contribution in [0.5, 0.6) is 0 Å². The van der Waals surface area contributed by atoms with Crippen LogP contribution >= 0.6 is 23.6 Å². The number of hydrogen-bond acceptors (Lipinski definition) is 5. The minimum Gasteiger partial charge on any atom is -0.359 e. The maximum Gasteiger partial charge on any atom is 0.206 e. The Morgan fingerprint density at radius 1 is 1.20 bits per heavy atom. The molecule has 7 heteroatoms. The fraction of sp³-hybridized carbons (Fsp3) is 0.389. The van der Waals surface area contributed by atoms with Crippen molar-refractivity contribution < 1.29 is 0 Å². The van der Waals surface area contributed by atoms with Crippen molar-refractivity contribution in [1.82, 2.24) is 15.5 Å². The number of nitrogens with one attached hydrogen (secondary N) is 3. The molecule has 0 bridgehead atoms. The number of benzene rings is 1. The van der Waals surface area contributed by atoms with Crippen LogP contribution in [0, 0.1) is 0 Å². The number of aromatic nitrogens is 2. The summed E-state index contributed by atoms with van der Waals surface area (Å²) in [5.74, 6) is 0. The van der Waals surface area contributed by atoms with Gasteiger partial charge in [-0.1, -0.05) is 36.7 Å². The summed E-state index contributed by atoms with van der Waals surface area (Å²) in [6.45, 7) is 4.30. The second kappa shape index (κ2) is 8.92. The Morgan fingerprint density at radius 3 is 2.68 bits per heavy atom. The Morgan fingerprint density at radius 2 is 1.96 bits per heavy atom. The Hall–Kier alpha value is -1.99. The van der Waals surface area contributed by atoms with Gasteiger partial charge >= 0.3 is 0 Å². The first-order chi connectivity index (χ1) is 12.2. The number of nitrogens with zero attached hydrogens (tertiary/aromatic N) is 2. The molecule has 0 unspecified atom stereocenters. The van der Waals surface area contributed by atoms with Gasteiger partial charge in [-0.2, -0.15) is 0 Å². The summed E-state index contributed by atoms with van der Waals surface area (Å²) >= 11 is 6.82. The molecule has 0 spiro atoms. The summed E-state index contributed by atoms with van der Waals surface area (Å²) in [5, 5.41) is 20.8. The molecule has 1 aliphatic rings. The van der Waals surface area contributed by atoms with Crippen molar-refractivity contribution in [2.75, 3.05) is 17.2 Å². The lowest BCUT2D eigenvalue weighted by Crippen LogP contribution is -2.28. The topological polar surface area (TPSA) is 61.9 Å². The van der Waals surface area contributed by atoms with E-state index in [0.717, 1.165) is 21.4 Å². The fourth-order valence-corrected chi connectivity index (χ4v) is 3.88. The van der Waals surface area contributed by atoms with Crippen molar-refractivity contribution in [3.8, 4) is 10.6 Å². The molecule has 0 aliphatic heterocycles. The Labute approximate surface area is 157 Å². The molecule has 1 aromatic heterocycles. The first-order valence-electron chi connectivity index (χ1n) is 8.61. The number of hydrogen-bond donors (Lipinski definition) is 3. The Balaban J connectivity index is 1.58. The summed E-state index contributed by atoms with van der Waals surface area (Å²) in [6.07, 6.45) is 8.20. The van der Waals surface area contributed by atoms with Gasteiger partial charge in [0.1, 0.15) is 5.01 Å². The van der Waals surface area contributed by atoms with Crippen LogP contribution in [0.2, 0.25) is 0 Å². The van der Waals surface area contributed by atoms with Gasteiger partial charge in [0.25, 0.3) is 0 Å². The first kappa shape index (κ1) is 17.8. The van der Waals surface area contributed by atoms with E-state index in [-0.39, 0.29) is 0 Å². The third kappa shape index (κ3) is 5.24. The molecule has 1 heterocycles. The van der Waals surface area contributed by atoms with Crippen LogP contribution in [-0.2, 0) is 0 Å². The normalized spacial score (nSPS) is 14.7. The molecule has 2 aromatic rings. The van der Waals surface area contributed by atoms with Gasteiger partial charge in [0, 0.05) is 23.8 Å². The first-order valence-corrected chi connectivity index (χ1v) is 9.83. The van der Waals surface area contributed by atoms with E-state index in [1.54, 1.807) is 17.4 Å². The van der Waals surface area contributed by atoms with E-state index in [4.69, 9.17) is 12.2 Å². The van der Waals surface area contributed by atoms with Crippen LogP contribution in [0.15, 0.2) is 36.9 Å². The maximum absolute atomic E-state index is 5.21. The zero-order chi connectivity index (χ0) is 17.5. The van der Waals surface area contributed by atoms with Crippen LogP contribution in [0.1, 0.15) is 32.1 Å². The van der Waals surface area contributed by atoms with E-state index in [1.807, 2.05) is 24.3 Å². The van der Waals surface area contributed by atoms with E-state index >= 15 is 0 Å². The molecule has 0 radical (unpaired) electrons. The standard InChI is InChI=1S/C18H23N5S2/c1-2-12-19-17(24)20-15-10-8-13(9-11-15)16-22-23-18(25-16)21-14-6-4-3-5-7-14/h2,8-11,14H,1,3-7,12H2,(H,21,23)(H2,19,20,24). The molecular weight excluding hydrogens is 350 g/mol. The summed E-state index contributed by atoms with van der Waals surface area (Å²) in [6, 6.07) is 8.59. The lowest BCUT2D eigenvalue weighted by molar-refractivity contribution is 0.462. The fourth-order valence-electron chi connectivity index (χ4n) is 2.86. The van der Waals surface area contributed by atoms with Gasteiger partial charge in [0.05, 0.1) is 0 Å². The molecule has 1 aromatic carbocycles. The molecule has 1 saturated carbocycles. The molecule has 0 saturated heterocycles. The van der Waals surface area contributed by atoms with Gasteiger partial charge < -0.3 is 16.0 Å². The quantitative estimate of drug-likeness (QED) is 0.515. The predicted molar refractivity (Wildman–Crippen MR) is 110 cm³/mol. The van der Waals surface area contributed by atoms with Crippen LogP contribution in [-0.4, -0.2) is 27.9 Å². The lowest BCUT2D eigenvalue weighted by atomic mass is 9.96. The molecule has 1 aliphatic carbocycles. The van der Waals surface area contributed by atoms with Crippen molar-refractivity contribution in [1.29, 1.82) is 0 Å². The molecule has 3 rings (SSSR count). The van der Waals surface area contributed by atoms with Crippen molar-refractivity contribution in [2.24, 2.45) is 0 Å². The Kier molecular flexibility index (Phi) is 6.36. The van der Waals surface area contributed by atoms with Crippen LogP contribution in [0.25, 0.3) is 10.6 Å². The van der Waals surface area contributed by atoms with Gasteiger partial charge in [-0.15, -0.1) is 16.8 Å². The second-order valence-corrected chi connectivity index (χ2v) is 7.48. The minimum absolute atomic E-state index is 0.546. The number of thiocarbonyl (C=S) groups is 1. The highest BCUT2D eigenvalue weighted by Gasteiger charge is 2.15. The van der Waals surface area contributed by atoms with E-state index in [2.05, 4.69) is 32.7 Å². The average Bonchev–Trinajstić information content (AvgIpc) is 3.10. The van der Waals surface area contributed by atoms with E-state index in [9.17, 15) is 0 Å². The monoisotopic (exact) mass is 373 g/mol. The smallest absolute Gasteiger partial charge is 0.206 e. The Bertz CT molecular complexity index is 705. The molecule has 0 amide bonds. The highest BCUT2D eigenvalue weighted by Crippen LogP contribution is 2.29. The van der Waals surface area contributed by atoms with E-state index < -0.39 is 0 Å². The number of rotatable bonds is 6. The number of anilines is 2. The zero-order valence-corrected chi connectivity index (χ0v) is 15.8. The summed E-state index contributed by atoms with van der Waals surface area (Å²) in [7, 11) is 0. The molecular formula is C18H23N5S2. The van der Waals surface area contributed by atoms with Crippen LogP contribution < -0.4 is 16.0 Å². The average molecular weight is 374 g/mol. The van der Waals surface area contributed by atoms with Gasteiger partial charge in [-0.3, -0.25) is 0 Å². The van der Waals surface area contributed by atoms with Crippen molar-refractivity contribution >= 4 is 39.5 Å². The third-order valence-electron chi connectivity index (χ3n) is 4.15. The zero-order valence-electron chi connectivity index (χ0n) is 14.1. The van der Waals surface area contributed by atoms with Gasteiger partial charge in [-0.25, -0.2) is 0 Å². The molecule has 0 atom stereocenters. The van der Waals surface area contributed by atoms with Gasteiger partial charge in [0.2, 0.25) is 5.13 Å². The van der Waals surface area contributed by atoms with Crippen LogP contribution in [0.4, 0.5) is 10.8 Å². The maximum atomic E-state index is 5.21.